The molecule has 0 fully saturated rings. The number of nitrogens with zero attached hydrogens (tertiary/aromatic N) is 1. The number of nitrogens with one attached hydrogen (secondary N) is 2. The Hall–Kier alpha value is -2.78. The average Bonchev–Trinajstić information content (AvgIpc) is 2.96. The minimum absolute atomic E-state index is 0.0284. The van der Waals surface area contributed by atoms with Gasteiger partial charge in [-0.2, -0.15) is 0 Å². The molecule has 1 unspecified atom stereocenters. The van der Waals surface area contributed by atoms with Crippen molar-refractivity contribution in [2.75, 3.05) is 40.5 Å². The maximum absolute atomic E-state index is 12.8. The third-order valence-electron chi connectivity index (χ3n) is 4.32. The summed E-state index contributed by atoms with van der Waals surface area (Å²) in [5.41, 5.74) is 0.319. The lowest BCUT2D eigenvalue weighted by Gasteiger charge is -2.21. The SMILES string of the molecule is CNCCOCCOc1cccc2c1C(=O)N(C(C=O)CCC(=O)NC)C2=O. The van der Waals surface area contributed by atoms with Gasteiger partial charge in [-0.05, 0) is 25.6 Å². The standard InChI is InChI=1S/C19H25N3O6/c1-20-8-9-27-10-11-28-15-5-3-4-14-17(15)19(26)22(18(14)25)13(12-23)6-7-16(24)21-2/h3-5,12-13,20H,6-11H2,1-2H3,(H,21,24). The molecule has 2 rings (SSSR count). The van der Waals surface area contributed by atoms with Crippen LogP contribution < -0.4 is 15.4 Å². The van der Waals surface area contributed by atoms with E-state index in [2.05, 4.69) is 10.6 Å². The zero-order valence-electron chi connectivity index (χ0n) is 16.0. The lowest BCUT2D eigenvalue weighted by atomic mass is 10.1. The van der Waals surface area contributed by atoms with Crippen molar-refractivity contribution in [1.29, 1.82) is 0 Å². The number of benzene rings is 1. The fourth-order valence-corrected chi connectivity index (χ4v) is 2.84. The van der Waals surface area contributed by atoms with Gasteiger partial charge in [0.25, 0.3) is 11.8 Å². The van der Waals surface area contributed by atoms with Crippen molar-refractivity contribution in [1.82, 2.24) is 15.5 Å². The summed E-state index contributed by atoms with van der Waals surface area (Å²) in [6.07, 6.45) is 0.603. The van der Waals surface area contributed by atoms with Crippen LogP contribution in [0.5, 0.6) is 5.75 Å². The highest BCUT2D eigenvalue weighted by Crippen LogP contribution is 2.32. The zero-order valence-corrected chi connectivity index (χ0v) is 16.0. The van der Waals surface area contributed by atoms with Gasteiger partial charge in [0.05, 0.1) is 30.4 Å². The van der Waals surface area contributed by atoms with Gasteiger partial charge in [0.1, 0.15) is 18.6 Å². The number of aldehydes is 1. The summed E-state index contributed by atoms with van der Waals surface area (Å²) in [5, 5.41) is 5.40. The zero-order chi connectivity index (χ0) is 20.5. The van der Waals surface area contributed by atoms with Crippen molar-refractivity contribution in [3.63, 3.8) is 0 Å². The van der Waals surface area contributed by atoms with Crippen molar-refractivity contribution in [3.8, 4) is 5.75 Å². The molecule has 0 aromatic heterocycles. The average molecular weight is 391 g/mol. The van der Waals surface area contributed by atoms with Crippen LogP contribution in [0.3, 0.4) is 0 Å². The van der Waals surface area contributed by atoms with Gasteiger partial charge in [-0.3, -0.25) is 19.3 Å². The Morgan fingerprint density at radius 1 is 1.18 bits per heavy atom. The number of amides is 3. The fraction of sp³-hybridized carbons (Fsp3) is 0.474. The second kappa shape index (κ2) is 10.5. The van der Waals surface area contributed by atoms with Crippen molar-refractivity contribution in [2.24, 2.45) is 0 Å². The molecule has 0 radical (unpaired) electrons. The fourth-order valence-electron chi connectivity index (χ4n) is 2.84. The summed E-state index contributed by atoms with van der Waals surface area (Å²) in [7, 11) is 3.30. The molecule has 9 heteroatoms. The second-order valence-electron chi connectivity index (χ2n) is 6.14. The van der Waals surface area contributed by atoms with Gasteiger partial charge in [-0.15, -0.1) is 0 Å². The van der Waals surface area contributed by atoms with Crippen LogP contribution >= 0.6 is 0 Å². The van der Waals surface area contributed by atoms with Crippen LogP contribution in [-0.4, -0.2) is 75.4 Å². The summed E-state index contributed by atoms with van der Waals surface area (Å²) < 4.78 is 11.0. The van der Waals surface area contributed by atoms with E-state index in [9.17, 15) is 19.2 Å². The van der Waals surface area contributed by atoms with Gasteiger partial charge >= 0.3 is 0 Å². The van der Waals surface area contributed by atoms with E-state index in [0.717, 1.165) is 4.90 Å². The molecular weight excluding hydrogens is 366 g/mol. The molecule has 0 saturated carbocycles. The molecule has 152 valence electrons. The van der Waals surface area contributed by atoms with Gasteiger partial charge in [0, 0.05) is 20.0 Å². The van der Waals surface area contributed by atoms with E-state index in [-0.39, 0.29) is 42.2 Å². The van der Waals surface area contributed by atoms with E-state index in [0.29, 0.717) is 26.0 Å². The number of rotatable bonds is 12. The number of carbonyl (C=O) groups excluding carboxylic acids is 4. The largest absolute Gasteiger partial charge is 0.490 e. The quantitative estimate of drug-likeness (QED) is 0.293. The van der Waals surface area contributed by atoms with Crippen molar-refractivity contribution in [2.45, 2.75) is 18.9 Å². The van der Waals surface area contributed by atoms with Crippen LogP contribution in [0.25, 0.3) is 0 Å². The summed E-state index contributed by atoms with van der Waals surface area (Å²) in [5.74, 6) is -1.16. The smallest absolute Gasteiger partial charge is 0.265 e. The minimum Gasteiger partial charge on any atom is -0.490 e. The predicted octanol–water partition coefficient (Wildman–Crippen LogP) is -0.00890. The van der Waals surface area contributed by atoms with E-state index in [1.165, 1.54) is 13.1 Å². The van der Waals surface area contributed by atoms with Crippen molar-refractivity contribution < 1.29 is 28.7 Å². The molecule has 9 nitrogen and oxygen atoms in total. The van der Waals surface area contributed by atoms with Crippen molar-refractivity contribution in [3.05, 3.63) is 29.3 Å². The Bertz CT molecular complexity index is 736. The Morgan fingerprint density at radius 2 is 1.96 bits per heavy atom. The minimum atomic E-state index is -1.01. The molecule has 1 atom stereocenters. The van der Waals surface area contributed by atoms with Crippen LogP contribution in [0.4, 0.5) is 0 Å². The van der Waals surface area contributed by atoms with Gasteiger partial charge in [0.15, 0.2) is 0 Å². The molecule has 28 heavy (non-hydrogen) atoms. The topological polar surface area (TPSA) is 114 Å². The highest BCUT2D eigenvalue weighted by Gasteiger charge is 2.42. The molecule has 0 bridgehead atoms. The van der Waals surface area contributed by atoms with Crippen LogP contribution in [0.2, 0.25) is 0 Å². The Labute approximate surface area is 163 Å². The van der Waals surface area contributed by atoms with E-state index < -0.39 is 17.9 Å². The molecule has 0 saturated heterocycles. The van der Waals surface area contributed by atoms with E-state index in [1.807, 2.05) is 7.05 Å². The first-order valence-electron chi connectivity index (χ1n) is 9.07. The molecule has 2 N–H and O–H groups in total. The van der Waals surface area contributed by atoms with E-state index in [1.54, 1.807) is 12.1 Å². The maximum Gasteiger partial charge on any atom is 0.265 e. The van der Waals surface area contributed by atoms with Crippen LogP contribution in [-0.2, 0) is 14.3 Å². The number of ether oxygens (including phenoxy) is 2. The summed E-state index contributed by atoms with van der Waals surface area (Å²) in [6, 6.07) is 3.72. The van der Waals surface area contributed by atoms with Gasteiger partial charge in [-0.25, -0.2) is 0 Å². The van der Waals surface area contributed by atoms with Crippen LogP contribution in [0, 0.1) is 0 Å². The summed E-state index contributed by atoms with van der Waals surface area (Å²) in [4.78, 5) is 49.4. The number of imide groups is 1. The van der Waals surface area contributed by atoms with Gasteiger partial charge in [0.2, 0.25) is 5.91 Å². The summed E-state index contributed by atoms with van der Waals surface area (Å²) in [6.45, 7) is 1.80. The first kappa shape index (κ1) is 21.5. The number of hydrogen-bond acceptors (Lipinski definition) is 7. The number of carbonyl (C=O) groups is 4. The lowest BCUT2D eigenvalue weighted by Crippen LogP contribution is -2.41. The third kappa shape index (κ3) is 4.93. The summed E-state index contributed by atoms with van der Waals surface area (Å²) >= 11 is 0. The van der Waals surface area contributed by atoms with Crippen molar-refractivity contribution >= 4 is 24.0 Å². The molecule has 1 aliphatic rings. The lowest BCUT2D eigenvalue weighted by molar-refractivity contribution is -0.121. The molecule has 1 aromatic rings. The third-order valence-corrected chi connectivity index (χ3v) is 4.32. The molecule has 1 heterocycles. The normalized spacial score (nSPS) is 14.0. The van der Waals surface area contributed by atoms with E-state index in [4.69, 9.17) is 9.47 Å². The Balaban J connectivity index is 2.09. The highest BCUT2D eigenvalue weighted by molar-refractivity contribution is 6.23. The Morgan fingerprint density at radius 3 is 2.64 bits per heavy atom. The molecule has 1 aromatic carbocycles. The number of hydrogen-bond donors (Lipinski definition) is 2. The maximum atomic E-state index is 12.8. The first-order chi connectivity index (χ1) is 13.5. The molecular formula is C19H25N3O6. The Kier molecular flexibility index (Phi) is 8.09. The number of likely N-dealkylation sites (N-methyl/N-ethyl adjacent to an activating group) is 1. The first-order valence-corrected chi connectivity index (χ1v) is 9.07. The molecule has 0 spiro atoms. The van der Waals surface area contributed by atoms with Gasteiger partial charge in [-0.1, -0.05) is 6.07 Å². The monoisotopic (exact) mass is 391 g/mol. The predicted molar refractivity (Wildman–Crippen MR) is 100 cm³/mol. The van der Waals surface area contributed by atoms with Gasteiger partial charge < -0.3 is 24.9 Å². The molecule has 1 aliphatic heterocycles. The van der Waals surface area contributed by atoms with Crippen LogP contribution in [0.15, 0.2) is 18.2 Å². The van der Waals surface area contributed by atoms with E-state index >= 15 is 0 Å². The molecule has 3 amide bonds. The number of fused-ring (bicyclic) bond motifs is 1. The second-order valence-corrected chi connectivity index (χ2v) is 6.14. The highest BCUT2D eigenvalue weighted by atomic mass is 16.5. The van der Waals surface area contributed by atoms with Crippen LogP contribution in [0.1, 0.15) is 33.6 Å². The molecule has 0 aliphatic carbocycles.